The van der Waals surface area contributed by atoms with Crippen molar-refractivity contribution in [1.82, 2.24) is 0 Å². The third kappa shape index (κ3) is 1.29. The van der Waals surface area contributed by atoms with Crippen molar-refractivity contribution in [2.45, 2.75) is 32.6 Å². The molecular weight excluding hydrogens is 162 g/mol. The van der Waals surface area contributed by atoms with Crippen LogP contribution in [-0.2, 0) is 6.42 Å². The van der Waals surface area contributed by atoms with E-state index in [1.54, 1.807) is 0 Å². The van der Waals surface area contributed by atoms with Crippen LogP contribution in [0.2, 0.25) is 0 Å². The summed E-state index contributed by atoms with van der Waals surface area (Å²) in [6.45, 7) is 5.31. The molecule has 0 spiro atoms. The zero-order chi connectivity index (χ0) is 9.47. The molecule has 0 aliphatic heterocycles. The van der Waals surface area contributed by atoms with E-state index in [4.69, 9.17) is 10.2 Å². The predicted octanol–water partition coefficient (Wildman–Crippen LogP) is 2.29. The van der Waals surface area contributed by atoms with E-state index in [2.05, 4.69) is 13.8 Å². The largest absolute Gasteiger partial charge is 0.472 e. The van der Waals surface area contributed by atoms with Gasteiger partial charge in [0.15, 0.2) is 0 Å². The summed E-state index contributed by atoms with van der Waals surface area (Å²) in [6.07, 6.45) is 6.08. The molecule has 1 aromatic rings. The Morgan fingerprint density at radius 3 is 3.00 bits per heavy atom. The van der Waals surface area contributed by atoms with E-state index in [1.807, 2.05) is 12.5 Å². The van der Waals surface area contributed by atoms with Gasteiger partial charge in [0.25, 0.3) is 0 Å². The standard InChI is InChI=1S/C11H17NO/c1-11(2)4-3-8-6-13-7-9(8)10(11)5-12/h6-7,10H,3-5,12H2,1-2H3. The van der Waals surface area contributed by atoms with Crippen LogP contribution in [-0.4, -0.2) is 6.54 Å². The first-order chi connectivity index (χ1) is 6.15. The molecular formula is C11H17NO. The Morgan fingerprint density at radius 1 is 1.54 bits per heavy atom. The highest BCUT2D eigenvalue weighted by Crippen LogP contribution is 2.44. The number of hydrogen-bond donors (Lipinski definition) is 1. The van der Waals surface area contributed by atoms with Gasteiger partial charge in [-0.15, -0.1) is 0 Å². The molecule has 2 nitrogen and oxygen atoms in total. The van der Waals surface area contributed by atoms with Crippen molar-refractivity contribution in [3.63, 3.8) is 0 Å². The number of aryl methyl sites for hydroxylation is 1. The van der Waals surface area contributed by atoms with Crippen LogP contribution in [0, 0.1) is 5.41 Å². The van der Waals surface area contributed by atoms with Crippen molar-refractivity contribution >= 4 is 0 Å². The Hall–Kier alpha value is -0.760. The van der Waals surface area contributed by atoms with Crippen LogP contribution < -0.4 is 5.73 Å². The zero-order valence-electron chi connectivity index (χ0n) is 8.34. The third-order valence-electron chi connectivity index (χ3n) is 3.37. The fraction of sp³-hybridized carbons (Fsp3) is 0.636. The van der Waals surface area contributed by atoms with Gasteiger partial charge in [-0.25, -0.2) is 0 Å². The highest BCUT2D eigenvalue weighted by atomic mass is 16.3. The summed E-state index contributed by atoms with van der Waals surface area (Å²) >= 11 is 0. The van der Waals surface area contributed by atoms with Crippen molar-refractivity contribution in [3.8, 4) is 0 Å². The highest BCUT2D eigenvalue weighted by Gasteiger charge is 2.35. The fourth-order valence-corrected chi connectivity index (χ4v) is 2.34. The van der Waals surface area contributed by atoms with E-state index >= 15 is 0 Å². The van der Waals surface area contributed by atoms with Gasteiger partial charge >= 0.3 is 0 Å². The number of fused-ring (bicyclic) bond motifs is 1. The van der Waals surface area contributed by atoms with Crippen LogP contribution in [0.3, 0.4) is 0 Å². The number of furan rings is 1. The van der Waals surface area contributed by atoms with Crippen molar-refractivity contribution < 1.29 is 4.42 Å². The lowest BCUT2D eigenvalue weighted by Crippen LogP contribution is -2.32. The molecule has 2 N–H and O–H groups in total. The molecule has 2 rings (SSSR count). The highest BCUT2D eigenvalue weighted by molar-refractivity contribution is 5.30. The molecule has 0 bridgehead atoms. The van der Waals surface area contributed by atoms with Gasteiger partial charge in [-0.05, 0) is 35.9 Å². The van der Waals surface area contributed by atoms with Crippen LogP contribution in [0.1, 0.15) is 37.3 Å². The quantitative estimate of drug-likeness (QED) is 0.718. The van der Waals surface area contributed by atoms with Gasteiger partial charge in [0.1, 0.15) is 0 Å². The molecule has 1 atom stereocenters. The molecule has 0 aromatic carbocycles. The summed E-state index contributed by atoms with van der Waals surface area (Å²) in [5.41, 5.74) is 8.82. The Kier molecular flexibility index (Phi) is 1.95. The topological polar surface area (TPSA) is 39.2 Å². The predicted molar refractivity (Wildman–Crippen MR) is 52.6 cm³/mol. The summed E-state index contributed by atoms with van der Waals surface area (Å²) in [5.74, 6) is 0.468. The van der Waals surface area contributed by atoms with Crippen LogP contribution in [0.15, 0.2) is 16.9 Å². The van der Waals surface area contributed by atoms with Crippen molar-refractivity contribution in [1.29, 1.82) is 0 Å². The van der Waals surface area contributed by atoms with E-state index in [0.717, 1.165) is 13.0 Å². The van der Waals surface area contributed by atoms with E-state index in [-0.39, 0.29) is 0 Å². The minimum Gasteiger partial charge on any atom is -0.472 e. The summed E-state index contributed by atoms with van der Waals surface area (Å²) in [7, 11) is 0. The van der Waals surface area contributed by atoms with Crippen molar-refractivity contribution in [2.75, 3.05) is 6.54 Å². The maximum Gasteiger partial charge on any atom is 0.0940 e. The van der Waals surface area contributed by atoms with E-state index in [0.29, 0.717) is 11.3 Å². The van der Waals surface area contributed by atoms with E-state index in [9.17, 15) is 0 Å². The Balaban J connectivity index is 2.41. The van der Waals surface area contributed by atoms with Gasteiger partial charge in [-0.3, -0.25) is 0 Å². The molecule has 2 heteroatoms. The molecule has 0 radical (unpaired) electrons. The number of nitrogens with two attached hydrogens (primary N) is 1. The number of hydrogen-bond acceptors (Lipinski definition) is 2. The van der Waals surface area contributed by atoms with Gasteiger partial charge < -0.3 is 10.2 Å². The number of rotatable bonds is 1. The molecule has 0 fully saturated rings. The Bertz CT molecular complexity index is 301. The zero-order valence-corrected chi connectivity index (χ0v) is 8.34. The van der Waals surface area contributed by atoms with E-state index in [1.165, 1.54) is 17.5 Å². The lowest BCUT2D eigenvalue weighted by molar-refractivity contribution is 0.249. The summed E-state index contributed by atoms with van der Waals surface area (Å²) in [4.78, 5) is 0. The van der Waals surface area contributed by atoms with Gasteiger partial charge in [0.2, 0.25) is 0 Å². The Labute approximate surface area is 79.1 Å². The first kappa shape index (κ1) is 8.82. The minimum absolute atomic E-state index is 0.325. The average Bonchev–Trinajstić information content (AvgIpc) is 2.50. The van der Waals surface area contributed by atoms with E-state index < -0.39 is 0 Å². The van der Waals surface area contributed by atoms with Crippen LogP contribution >= 0.6 is 0 Å². The van der Waals surface area contributed by atoms with Crippen molar-refractivity contribution in [2.24, 2.45) is 11.1 Å². The molecule has 72 valence electrons. The normalized spacial score (nSPS) is 25.6. The molecule has 0 saturated heterocycles. The Morgan fingerprint density at radius 2 is 2.31 bits per heavy atom. The minimum atomic E-state index is 0.325. The fourth-order valence-electron chi connectivity index (χ4n) is 2.34. The molecule has 1 aliphatic carbocycles. The summed E-state index contributed by atoms with van der Waals surface area (Å²) in [6, 6.07) is 0. The smallest absolute Gasteiger partial charge is 0.0940 e. The first-order valence-corrected chi connectivity index (χ1v) is 4.90. The lowest BCUT2D eigenvalue weighted by atomic mass is 9.67. The van der Waals surface area contributed by atoms with Gasteiger partial charge in [0.05, 0.1) is 12.5 Å². The summed E-state index contributed by atoms with van der Waals surface area (Å²) < 4.78 is 5.24. The van der Waals surface area contributed by atoms with Crippen LogP contribution in [0.25, 0.3) is 0 Å². The molecule has 13 heavy (non-hydrogen) atoms. The second kappa shape index (κ2) is 2.88. The maximum absolute atomic E-state index is 5.81. The molecule has 0 amide bonds. The van der Waals surface area contributed by atoms with Crippen LogP contribution in [0.4, 0.5) is 0 Å². The molecule has 0 saturated carbocycles. The molecule has 1 aromatic heterocycles. The van der Waals surface area contributed by atoms with Gasteiger partial charge in [-0.1, -0.05) is 13.8 Å². The molecule has 1 heterocycles. The van der Waals surface area contributed by atoms with Gasteiger partial charge in [-0.2, -0.15) is 0 Å². The SMILES string of the molecule is CC1(C)CCc2cocc2C1CN. The second-order valence-electron chi connectivity index (χ2n) is 4.63. The molecule has 1 aliphatic rings. The first-order valence-electron chi connectivity index (χ1n) is 4.90. The summed E-state index contributed by atoms with van der Waals surface area (Å²) in [5, 5.41) is 0. The van der Waals surface area contributed by atoms with Crippen LogP contribution in [0.5, 0.6) is 0 Å². The lowest BCUT2D eigenvalue weighted by Gasteiger charge is -2.37. The monoisotopic (exact) mass is 179 g/mol. The second-order valence-corrected chi connectivity index (χ2v) is 4.63. The maximum atomic E-state index is 5.81. The van der Waals surface area contributed by atoms with Gasteiger partial charge in [0, 0.05) is 5.92 Å². The van der Waals surface area contributed by atoms with Crippen molar-refractivity contribution in [3.05, 3.63) is 23.7 Å². The molecule has 1 unspecified atom stereocenters. The third-order valence-corrected chi connectivity index (χ3v) is 3.37. The average molecular weight is 179 g/mol.